The summed E-state index contributed by atoms with van der Waals surface area (Å²) in [6.07, 6.45) is 1.69. The molecule has 7 nitrogen and oxygen atoms in total. The summed E-state index contributed by atoms with van der Waals surface area (Å²) in [5.74, 6) is 0.0436. The first-order valence-electron chi connectivity index (χ1n) is 8.69. The Labute approximate surface area is 151 Å². The van der Waals surface area contributed by atoms with Crippen LogP contribution in [-0.4, -0.2) is 57.5 Å². The van der Waals surface area contributed by atoms with Crippen LogP contribution >= 0.6 is 11.5 Å². The fraction of sp³-hybridized carbons (Fsp3) is 0.529. The van der Waals surface area contributed by atoms with Gasteiger partial charge in [-0.1, -0.05) is 4.49 Å². The zero-order valence-electron chi connectivity index (χ0n) is 14.6. The van der Waals surface area contributed by atoms with Gasteiger partial charge in [0.15, 0.2) is 0 Å². The van der Waals surface area contributed by atoms with Crippen LogP contribution in [0.5, 0.6) is 0 Å². The van der Waals surface area contributed by atoms with Gasteiger partial charge in [-0.25, -0.2) is 4.79 Å². The highest BCUT2D eigenvalue weighted by Gasteiger charge is 2.30. The van der Waals surface area contributed by atoms with Crippen molar-refractivity contribution in [2.75, 3.05) is 31.5 Å². The molecule has 1 atom stereocenters. The SMILES string of the molecule is CCN(CC)C(=O)[C@H]1CCCN(C(=O)Nc2ccc3snnc3c2)C1. The van der Waals surface area contributed by atoms with E-state index in [1.165, 1.54) is 11.5 Å². The van der Waals surface area contributed by atoms with Crippen molar-refractivity contribution in [2.24, 2.45) is 5.92 Å². The van der Waals surface area contributed by atoms with Crippen molar-refractivity contribution < 1.29 is 9.59 Å². The first-order valence-corrected chi connectivity index (χ1v) is 9.46. The molecule has 1 aromatic carbocycles. The number of hydrogen-bond acceptors (Lipinski definition) is 5. The number of anilines is 1. The summed E-state index contributed by atoms with van der Waals surface area (Å²) in [6.45, 7) is 6.53. The molecule has 0 radical (unpaired) electrons. The molecule has 1 N–H and O–H groups in total. The third kappa shape index (κ3) is 3.89. The maximum Gasteiger partial charge on any atom is 0.321 e. The molecule has 1 aromatic heterocycles. The lowest BCUT2D eigenvalue weighted by Gasteiger charge is -2.34. The van der Waals surface area contributed by atoms with Crippen molar-refractivity contribution in [1.29, 1.82) is 0 Å². The Hall–Kier alpha value is -2.22. The number of amides is 3. The second-order valence-corrected chi connectivity index (χ2v) is 6.97. The molecular formula is C17H23N5O2S. The van der Waals surface area contributed by atoms with Gasteiger partial charge in [-0.05, 0) is 56.4 Å². The van der Waals surface area contributed by atoms with Gasteiger partial charge < -0.3 is 15.1 Å². The summed E-state index contributed by atoms with van der Waals surface area (Å²) in [5.41, 5.74) is 1.47. The topological polar surface area (TPSA) is 78.4 Å². The lowest BCUT2D eigenvalue weighted by atomic mass is 9.96. The van der Waals surface area contributed by atoms with Gasteiger partial charge in [0.2, 0.25) is 5.91 Å². The monoisotopic (exact) mass is 361 g/mol. The number of benzene rings is 1. The number of aromatic nitrogens is 2. The van der Waals surface area contributed by atoms with Gasteiger partial charge in [-0.2, -0.15) is 0 Å². The molecule has 0 spiro atoms. The minimum atomic E-state index is -0.167. The number of nitrogens with zero attached hydrogens (tertiary/aromatic N) is 4. The van der Waals surface area contributed by atoms with Crippen LogP contribution in [0.2, 0.25) is 0 Å². The molecule has 1 aliphatic rings. The zero-order valence-corrected chi connectivity index (χ0v) is 15.4. The number of carbonyl (C=O) groups is 2. The Bertz CT molecular complexity index is 758. The summed E-state index contributed by atoms with van der Waals surface area (Å²) in [6, 6.07) is 5.40. The molecule has 1 fully saturated rings. The molecule has 134 valence electrons. The molecule has 8 heteroatoms. The van der Waals surface area contributed by atoms with Gasteiger partial charge in [0.25, 0.3) is 0 Å². The van der Waals surface area contributed by atoms with Crippen LogP contribution in [0, 0.1) is 5.92 Å². The first kappa shape index (κ1) is 17.6. The average molecular weight is 361 g/mol. The summed E-state index contributed by atoms with van der Waals surface area (Å²) < 4.78 is 4.89. The third-order valence-corrected chi connectivity index (χ3v) is 5.34. The predicted octanol–water partition coefficient (Wildman–Crippen LogP) is 2.80. The molecule has 2 aromatic rings. The Kier molecular flexibility index (Phi) is 5.47. The van der Waals surface area contributed by atoms with Crippen LogP contribution in [0.25, 0.3) is 10.2 Å². The Balaban J connectivity index is 1.64. The van der Waals surface area contributed by atoms with Gasteiger partial charge >= 0.3 is 6.03 Å². The Morgan fingerprint density at radius 3 is 2.92 bits per heavy atom. The van der Waals surface area contributed by atoms with Crippen molar-refractivity contribution in [3.05, 3.63) is 18.2 Å². The lowest BCUT2D eigenvalue weighted by molar-refractivity contribution is -0.136. The Morgan fingerprint density at radius 2 is 2.16 bits per heavy atom. The van der Waals surface area contributed by atoms with E-state index in [4.69, 9.17) is 0 Å². The molecule has 0 unspecified atom stereocenters. The second-order valence-electron chi connectivity index (χ2n) is 6.18. The lowest BCUT2D eigenvalue weighted by Crippen LogP contribution is -2.47. The smallest absolute Gasteiger partial charge is 0.321 e. The van der Waals surface area contributed by atoms with Crippen molar-refractivity contribution >= 4 is 39.4 Å². The quantitative estimate of drug-likeness (QED) is 0.908. The van der Waals surface area contributed by atoms with Crippen molar-refractivity contribution in [1.82, 2.24) is 19.4 Å². The van der Waals surface area contributed by atoms with E-state index < -0.39 is 0 Å². The fourth-order valence-electron chi connectivity index (χ4n) is 3.22. The Morgan fingerprint density at radius 1 is 1.36 bits per heavy atom. The van der Waals surface area contributed by atoms with E-state index in [9.17, 15) is 9.59 Å². The van der Waals surface area contributed by atoms with Crippen LogP contribution in [0.15, 0.2) is 18.2 Å². The molecule has 0 saturated carbocycles. The van der Waals surface area contributed by atoms with Gasteiger partial charge in [0, 0.05) is 31.9 Å². The van der Waals surface area contributed by atoms with E-state index >= 15 is 0 Å². The highest BCUT2D eigenvalue weighted by molar-refractivity contribution is 7.12. The second kappa shape index (κ2) is 7.77. The number of nitrogens with one attached hydrogen (secondary N) is 1. The molecule has 3 amide bonds. The van der Waals surface area contributed by atoms with E-state index in [1.807, 2.05) is 36.9 Å². The van der Waals surface area contributed by atoms with Gasteiger partial charge in [0.1, 0.15) is 5.52 Å². The van der Waals surface area contributed by atoms with E-state index in [0.29, 0.717) is 31.9 Å². The average Bonchev–Trinajstić information content (AvgIpc) is 3.10. The van der Waals surface area contributed by atoms with Crippen LogP contribution in [0.3, 0.4) is 0 Å². The minimum absolute atomic E-state index is 0.107. The first-order chi connectivity index (χ1) is 12.1. The summed E-state index contributed by atoms with van der Waals surface area (Å²) in [4.78, 5) is 28.7. The minimum Gasteiger partial charge on any atom is -0.343 e. The molecule has 25 heavy (non-hydrogen) atoms. The normalized spacial score (nSPS) is 17.5. The highest BCUT2D eigenvalue weighted by Crippen LogP contribution is 2.22. The van der Waals surface area contributed by atoms with Crippen molar-refractivity contribution in [2.45, 2.75) is 26.7 Å². The third-order valence-electron chi connectivity index (χ3n) is 4.63. The highest BCUT2D eigenvalue weighted by atomic mass is 32.1. The number of carbonyl (C=O) groups excluding carboxylic acids is 2. The molecule has 3 rings (SSSR count). The predicted molar refractivity (Wildman–Crippen MR) is 98.7 cm³/mol. The number of fused-ring (bicyclic) bond motifs is 1. The molecule has 1 aliphatic heterocycles. The zero-order chi connectivity index (χ0) is 17.8. The number of hydrogen-bond donors (Lipinski definition) is 1. The molecule has 1 saturated heterocycles. The van der Waals surface area contributed by atoms with E-state index in [1.54, 1.807) is 4.90 Å². The molecular weight excluding hydrogens is 338 g/mol. The number of urea groups is 1. The van der Waals surface area contributed by atoms with E-state index in [0.717, 1.165) is 23.1 Å². The van der Waals surface area contributed by atoms with E-state index in [2.05, 4.69) is 14.9 Å². The summed E-state index contributed by atoms with van der Waals surface area (Å²) in [5, 5.41) is 6.94. The van der Waals surface area contributed by atoms with Gasteiger partial charge in [-0.3, -0.25) is 4.79 Å². The summed E-state index contributed by atoms with van der Waals surface area (Å²) in [7, 11) is 0. The molecule has 2 heterocycles. The number of rotatable bonds is 4. The van der Waals surface area contributed by atoms with Crippen molar-refractivity contribution in [3.63, 3.8) is 0 Å². The molecule has 0 bridgehead atoms. The largest absolute Gasteiger partial charge is 0.343 e. The van der Waals surface area contributed by atoms with Gasteiger partial charge in [0.05, 0.1) is 10.6 Å². The van der Waals surface area contributed by atoms with Crippen molar-refractivity contribution in [3.8, 4) is 0 Å². The number of piperidine rings is 1. The fourth-order valence-corrected chi connectivity index (χ4v) is 3.76. The maximum atomic E-state index is 12.6. The van der Waals surface area contributed by atoms with Crippen LogP contribution in [-0.2, 0) is 4.79 Å². The molecule has 0 aliphatic carbocycles. The number of likely N-dealkylation sites (tertiary alicyclic amines) is 1. The van der Waals surface area contributed by atoms with Crippen LogP contribution in [0.4, 0.5) is 10.5 Å². The standard InChI is InChI=1S/C17H23N5O2S/c1-3-21(4-2)16(23)12-6-5-9-22(11-12)17(24)18-13-7-8-15-14(10-13)19-20-25-15/h7-8,10,12H,3-6,9,11H2,1-2H3,(H,18,24)/t12-/m0/s1. The van der Waals surface area contributed by atoms with E-state index in [-0.39, 0.29) is 17.9 Å². The van der Waals surface area contributed by atoms with Gasteiger partial charge in [-0.15, -0.1) is 5.10 Å². The maximum absolute atomic E-state index is 12.6. The summed E-state index contributed by atoms with van der Waals surface area (Å²) >= 11 is 1.33. The van der Waals surface area contributed by atoms with Crippen LogP contribution < -0.4 is 5.32 Å². The van der Waals surface area contributed by atoms with Crippen LogP contribution in [0.1, 0.15) is 26.7 Å².